The van der Waals surface area contributed by atoms with E-state index in [0.717, 1.165) is 12.3 Å². The maximum atomic E-state index is 14.1. The second-order valence-corrected chi connectivity index (χ2v) is 9.42. The summed E-state index contributed by atoms with van der Waals surface area (Å²) in [6.45, 7) is 5.51. The fourth-order valence-electron chi connectivity index (χ4n) is 3.00. The molecule has 0 aliphatic rings. The normalized spacial score (nSPS) is 13.9. The second-order valence-electron chi connectivity index (χ2n) is 7.67. The molecule has 2 aromatic rings. The monoisotopic (exact) mass is 443 g/mol. The number of hydrogen-bond acceptors (Lipinski definition) is 7. The summed E-state index contributed by atoms with van der Waals surface area (Å²) < 4.78 is 53.1. The Bertz CT molecular complexity index is 973. The van der Waals surface area contributed by atoms with E-state index < -0.39 is 27.6 Å². The molecule has 0 saturated carbocycles. The summed E-state index contributed by atoms with van der Waals surface area (Å²) in [5.41, 5.74) is 0.163. The lowest BCUT2D eigenvalue weighted by molar-refractivity contribution is 0.259. The first-order valence-corrected chi connectivity index (χ1v) is 11.4. The molecule has 0 bridgehead atoms. The van der Waals surface area contributed by atoms with E-state index >= 15 is 0 Å². The van der Waals surface area contributed by atoms with E-state index in [9.17, 15) is 22.3 Å². The summed E-state index contributed by atoms with van der Waals surface area (Å²) in [5.74, 6) is -2.00. The number of halogens is 2. The highest BCUT2D eigenvalue weighted by Crippen LogP contribution is 2.24. The first-order chi connectivity index (χ1) is 14.0. The van der Waals surface area contributed by atoms with E-state index in [1.54, 1.807) is 6.92 Å². The van der Waals surface area contributed by atoms with Gasteiger partial charge in [0, 0.05) is 6.42 Å². The highest BCUT2D eigenvalue weighted by Gasteiger charge is 2.19. The van der Waals surface area contributed by atoms with E-state index in [1.165, 1.54) is 12.1 Å². The Labute approximate surface area is 175 Å². The molecule has 2 atom stereocenters. The average Bonchev–Trinajstić information content (AvgIpc) is 2.61. The Kier molecular flexibility index (Phi) is 8.02. The lowest BCUT2D eigenvalue weighted by atomic mass is 9.97. The van der Waals surface area contributed by atoms with Crippen LogP contribution < -0.4 is 10.0 Å². The number of hydrogen-bond donors (Lipinski definition) is 3. The highest BCUT2D eigenvalue weighted by molar-refractivity contribution is 7.91. The molecule has 0 fully saturated rings. The van der Waals surface area contributed by atoms with Crippen molar-refractivity contribution in [2.24, 2.45) is 5.92 Å². The molecule has 0 saturated heterocycles. The van der Waals surface area contributed by atoms with Crippen molar-refractivity contribution < 1.29 is 22.3 Å². The van der Waals surface area contributed by atoms with Crippen LogP contribution in [0.1, 0.15) is 44.5 Å². The Morgan fingerprint density at radius 3 is 2.37 bits per heavy atom. The summed E-state index contributed by atoms with van der Waals surface area (Å²) in [4.78, 5) is 12.4. The number of sulfonamides is 1. The zero-order chi connectivity index (χ0) is 22.5. The van der Waals surface area contributed by atoms with Gasteiger partial charge >= 0.3 is 0 Å². The lowest BCUT2D eigenvalue weighted by Gasteiger charge is -2.19. The fraction of sp³-hybridized carbons (Fsp3) is 0.526. The van der Waals surface area contributed by atoms with E-state index in [1.807, 2.05) is 13.8 Å². The largest absolute Gasteiger partial charge is 0.394 e. The van der Waals surface area contributed by atoms with Gasteiger partial charge in [0.25, 0.3) is 0 Å². The van der Waals surface area contributed by atoms with E-state index in [-0.39, 0.29) is 42.4 Å². The van der Waals surface area contributed by atoms with Crippen molar-refractivity contribution in [1.82, 2.24) is 15.0 Å². The minimum Gasteiger partial charge on any atom is -0.394 e. The van der Waals surface area contributed by atoms with Crippen LogP contribution in [0.4, 0.5) is 20.7 Å². The third-order valence-electron chi connectivity index (χ3n) is 4.27. The van der Waals surface area contributed by atoms with Crippen LogP contribution in [-0.2, 0) is 16.4 Å². The fourth-order valence-corrected chi connectivity index (χ4v) is 3.43. The third-order valence-corrected chi connectivity index (χ3v) is 4.82. The molecule has 8 nitrogen and oxygen atoms in total. The maximum Gasteiger partial charge on any atom is 0.241 e. The summed E-state index contributed by atoms with van der Waals surface area (Å²) in [5, 5.41) is 12.6. The molecule has 1 aromatic heterocycles. The van der Waals surface area contributed by atoms with Crippen LogP contribution >= 0.6 is 0 Å². The van der Waals surface area contributed by atoms with Crippen molar-refractivity contribution in [2.75, 3.05) is 22.9 Å². The van der Waals surface area contributed by atoms with Gasteiger partial charge in [-0.3, -0.25) is 4.72 Å². The van der Waals surface area contributed by atoms with Gasteiger partial charge in [0.05, 0.1) is 18.9 Å². The van der Waals surface area contributed by atoms with Crippen LogP contribution in [0.5, 0.6) is 0 Å². The lowest BCUT2D eigenvalue weighted by Crippen LogP contribution is -2.27. The van der Waals surface area contributed by atoms with Crippen molar-refractivity contribution >= 4 is 21.9 Å². The van der Waals surface area contributed by atoms with Gasteiger partial charge in [0.15, 0.2) is 11.6 Å². The Morgan fingerprint density at radius 1 is 1.10 bits per heavy atom. The summed E-state index contributed by atoms with van der Waals surface area (Å²) in [6, 6.07) is 3.58. The number of rotatable bonds is 10. The maximum absolute atomic E-state index is 14.1. The second kappa shape index (κ2) is 10.1. The molecule has 30 heavy (non-hydrogen) atoms. The molecule has 0 amide bonds. The number of anilines is 2. The minimum atomic E-state index is -3.65. The minimum absolute atomic E-state index is 0.0813. The average molecular weight is 444 g/mol. The summed E-state index contributed by atoms with van der Waals surface area (Å²) in [7, 11) is -3.65. The van der Waals surface area contributed by atoms with Gasteiger partial charge in [0.1, 0.15) is 5.82 Å². The van der Waals surface area contributed by atoms with Crippen molar-refractivity contribution in [3.05, 3.63) is 41.2 Å². The Balaban J connectivity index is 2.34. The first-order valence-electron chi connectivity index (χ1n) is 9.52. The van der Waals surface area contributed by atoms with Gasteiger partial charge in [-0.05, 0) is 29.9 Å². The van der Waals surface area contributed by atoms with Crippen LogP contribution in [0.25, 0.3) is 0 Å². The highest BCUT2D eigenvalue weighted by atomic mass is 32.2. The summed E-state index contributed by atoms with van der Waals surface area (Å²) >= 11 is 0. The van der Waals surface area contributed by atoms with Crippen LogP contribution in [-0.4, -0.2) is 47.4 Å². The van der Waals surface area contributed by atoms with E-state index in [4.69, 9.17) is 0 Å². The van der Waals surface area contributed by atoms with Crippen LogP contribution in [0.3, 0.4) is 0 Å². The zero-order valence-corrected chi connectivity index (χ0v) is 18.2. The van der Waals surface area contributed by atoms with Crippen molar-refractivity contribution in [1.29, 1.82) is 0 Å². The Hall–Kier alpha value is -2.40. The molecule has 0 radical (unpaired) electrons. The SMILES string of the molecule is CC(C)C[C@H](CO)Nc1nc(CC(C)c2cccc(F)c2F)nc(NS(C)(=O)=O)n1. The molecule has 0 aliphatic carbocycles. The number of nitrogens with zero attached hydrogens (tertiary/aromatic N) is 3. The number of benzene rings is 1. The molecule has 1 unspecified atom stereocenters. The zero-order valence-electron chi connectivity index (χ0n) is 17.4. The molecule has 11 heteroatoms. The number of aliphatic hydroxyl groups excluding tert-OH is 1. The van der Waals surface area contributed by atoms with Crippen LogP contribution in [0, 0.1) is 17.6 Å². The standard InChI is InChI=1S/C19H27F2N5O3S/c1-11(2)8-13(10-27)22-18-23-16(24-19(25-18)26-30(4,28)29)9-12(3)14-6-5-7-15(20)17(14)21/h5-7,11-13,27H,8-10H2,1-4H3,(H2,22,23,24,25,26)/t12?,13-/m1/s1. The van der Waals surface area contributed by atoms with E-state index in [0.29, 0.717) is 12.3 Å². The van der Waals surface area contributed by atoms with Gasteiger partial charge in [-0.15, -0.1) is 0 Å². The van der Waals surface area contributed by atoms with Crippen molar-refractivity contribution in [3.8, 4) is 0 Å². The number of aliphatic hydroxyl groups is 1. The predicted octanol–water partition coefficient (Wildman–Crippen LogP) is 2.69. The van der Waals surface area contributed by atoms with Crippen LogP contribution in [0.15, 0.2) is 18.2 Å². The molecule has 0 aliphatic heterocycles. The molecular formula is C19H27F2N5O3S. The molecule has 3 N–H and O–H groups in total. The quantitative estimate of drug-likeness (QED) is 0.517. The van der Waals surface area contributed by atoms with Gasteiger partial charge in [0.2, 0.25) is 21.9 Å². The third kappa shape index (κ3) is 7.13. The molecule has 0 spiro atoms. The molecule has 1 aromatic carbocycles. The molecule has 1 heterocycles. The van der Waals surface area contributed by atoms with Gasteiger partial charge in [-0.1, -0.05) is 32.9 Å². The molecular weight excluding hydrogens is 416 g/mol. The van der Waals surface area contributed by atoms with Crippen molar-refractivity contribution in [3.63, 3.8) is 0 Å². The molecule has 166 valence electrons. The van der Waals surface area contributed by atoms with Gasteiger partial charge < -0.3 is 10.4 Å². The van der Waals surface area contributed by atoms with Crippen molar-refractivity contribution in [2.45, 2.75) is 45.6 Å². The topological polar surface area (TPSA) is 117 Å². The predicted molar refractivity (Wildman–Crippen MR) is 111 cm³/mol. The van der Waals surface area contributed by atoms with E-state index in [2.05, 4.69) is 25.0 Å². The van der Waals surface area contributed by atoms with Crippen LogP contribution in [0.2, 0.25) is 0 Å². The first kappa shape index (κ1) is 23.9. The van der Waals surface area contributed by atoms with Gasteiger partial charge in [-0.2, -0.15) is 15.0 Å². The number of nitrogens with one attached hydrogen (secondary N) is 2. The Morgan fingerprint density at radius 2 is 1.77 bits per heavy atom. The smallest absolute Gasteiger partial charge is 0.241 e. The molecule has 2 rings (SSSR count). The number of aromatic nitrogens is 3. The summed E-state index contributed by atoms with van der Waals surface area (Å²) in [6.07, 6.45) is 1.71. The van der Waals surface area contributed by atoms with Gasteiger partial charge in [-0.25, -0.2) is 17.2 Å².